The minimum absolute atomic E-state index is 0.0232. The molecule has 7 nitrogen and oxygen atoms in total. The monoisotopic (exact) mass is 550 g/mol. The Kier molecular flexibility index (Phi) is 7.01. The molecule has 3 aromatic rings. The van der Waals surface area contributed by atoms with E-state index in [1.807, 2.05) is 12.3 Å². The van der Waals surface area contributed by atoms with Crippen LogP contribution in [-0.4, -0.2) is 27.5 Å². The molecule has 0 bridgehead atoms. The molecule has 1 heterocycles. The standard InChI is InChI=1S/C20H16Br2N4O3S/c1-12(2)9-23-20-25(24-10-13-7-16(21)19(27)17(22)8-13)18(11-30-20)14-3-5-15(6-4-14)26(28)29/h3-8,10-11,27H,1,9H2,2H3. The molecule has 154 valence electrons. The van der Waals surface area contributed by atoms with Crippen LogP contribution in [0.2, 0.25) is 0 Å². The van der Waals surface area contributed by atoms with E-state index in [0.717, 1.165) is 22.4 Å². The largest absolute Gasteiger partial charge is 0.506 e. The number of hydrogen-bond acceptors (Lipinski definition) is 6. The number of phenolic OH excluding ortho intramolecular Hbond substituents is 1. The predicted molar refractivity (Wildman–Crippen MR) is 126 cm³/mol. The molecule has 10 heteroatoms. The van der Waals surface area contributed by atoms with Crippen molar-refractivity contribution in [1.29, 1.82) is 0 Å². The van der Waals surface area contributed by atoms with Gasteiger partial charge in [-0.05, 0) is 68.6 Å². The van der Waals surface area contributed by atoms with Crippen LogP contribution < -0.4 is 4.80 Å². The number of aromatic nitrogens is 1. The van der Waals surface area contributed by atoms with Crippen LogP contribution in [0.5, 0.6) is 5.75 Å². The quantitative estimate of drug-likeness (QED) is 0.184. The highest BCUT2D eigenvalue weighted by molar-refractivity contribution is 9.11. The van der Waals surface area contributed by atoms with Crippen LogP contribution in [0.3, 0.4) is 0 Å². The van der Waals surface area contributed by atoms with Gasteiger partial charge in [-0.25, -0.2) is 4.68 Å². The van der Waals surface area contributed by atoms with Crippen LogP contribution in [0.4, 0.5) is 5.69 Å². The van der Waals surface area contributed by atoms with E-state index in [2.05, 4.69) is 48.5 Å². The Hall–Kier alpha value is -2.56. The summed E-state index contributed by atoms with van der Waals surface area (Å²) in [7, 11) is 0. The number of nitro benzene ring substituents is 1. The van der Waals surface area contributed by atoms with E-state index >= 15 is 0 Å². The Morgan fingerprint density at radius 2 is 1.93 bits per heavy atom. The Balaban J connectivity index is 2.08. The number of nitro groups is 1. The summed E-state index contributed by atoms with van der Waals surface area (Å²) in [6.07, 6.45) is 1.65. The Morgan fingerprint density at radius 3 is 2.50 bits per heavy atom. The zero-order valence-corrected chi connectivity index (χ0v) is 19.7. The smallest absolute Gasteiger partial charge is 0.269 e. The third kappa shape index (κ3) is 5.13. The van der Waals surface area contributed by atoms with Crippen molar-refractivity contribution in [1.82, 2.24) is 4.68 Å². The minimum Gasteiger partial charge on any atom is -0.506 e. The van der Waals surface area contributed by atoms with Crippen molar-refractivity contribution in [2.75, 3.05) is 6.54 Å². The molecule has 0 fully saturated rings. The third-order valence-electron chi connectivity index (χ3n) is 3.90. The molecule has 30 heavy (non-hydrogen) atoms. The number of thiazole rings is 1. The van der Waals surface area contributed by atoms with Gasteiger partial charge in [0.15, 0.2) is 0 Å². The molecular formula is C20H16Br2N4O3S. The zero-order valence-electron chi connectivity index (χ0n) is 15.7. The van der Waals surface area contributed by atoms with Gasteiger partial charge >= 0.3 is 0 Å². The lowest BCUT2D eigenvalue weighted by Gasteiger charge is -2.05. The summed E-state index contributed by atoms with van der Waals surface area (Å²) in [5.41, 5.74) is 3.23. The number of aromatic hydroxyl groups is 1. The molecule has 1 N–H and O–H groups in total. The van der Waals surface area contributed by atoms with Crippen LogP contribution in [0.15, 0.2) is 73.0 Å². The summed E-state index contributed by atoms with van der Waals surface area (Å²) in [6, 6.07) is 9.77. The maximum atomic E-state index is 10.9. The lowest BCUT2D eigenvalue weighted by molar-refractivity contribution is -0.384. The maximum absolute atomic E-state index is 10.9. The van der Waals surface area contributed by atoms with Crippen LogP contribution in [0.25, 0.3) is 11.3 Å². The van der Waals surface area contributed by atoms with Gasteiger partial charge in [0.2, 0.25) is 4.80 Å². The SMILES string of the molecule is C=C(C)CN=c1scc(-c2ccc([N+](=O)[O-])cc2)n1N=Cc1cc(Br)c(O)c(Br)c1. The van der Waals surface area contributed by atoms with E-state index in [4.69, 9.17) is 0 Å². The Morgan fingerprint density at radius 1 is 1.30 bits per heavy atom. The van der Waals surface area contributed by atoms with E-state index in [-0.39, 0.29) is 11.4 Å². The molecule has 0 spiro atoms. The van der Waals surface area contributed by atoms with E-state index in [1.54, 1.807) is 35.2 Å². The van der Waals surface area contributed by atoms with Gasteiger partial charge in [-0.1, -0.05) is 12.2 Å². The lowest BCUT2D eigenvalue weighted by atomic mass is 10.1. The van der Waals surface area contributed by atoms with Gasteiger partial charge in [0, 0.05) is 23.1 Å². The van der Waals surface area contributed by atoms with E-state index in [1.165, 1.54) is 23.5 Å². The second-order valence-electron chi connectivity index (χ2n) is 6.37. The van der Waals surface area contributed by atoms with Gasteiger partial charge in [-0.3, -0.25) is 15.1 Å². The molecule has 0 saturated heterocycles. The van der Waals surface area contributed by atoms with Crippen molar-refractivity contribution in [2.24, 2.45) is 10.1 Å². The number of benzene rings is 2. The molecule has 3 rings (SSSR count). The van der Waals surface area contributed by atoms with Gasteiger partial charge < -0.3 is 5.11 Å². The van der Waals surface area contributed by atoms with Crippen molar-refractivity contribution in [3.8, 4) is 17.0 Å². The average molecular weight is 552 g/mol. The van der Waals surface area contributed by atoms with Gasteiger partial charge in [0.1, 0.15) is 5.75 Å². The van der Waals surface area contributed by atoms with E-state index in [9.17, 15) is 15.2 Å². The average Bonchev–Trinajstić information content (AvgIpc) is 3.11. The number of phenols is 1. The van der Waals surface area contributed by atoms with Crippen molar-refractivity contribution < 1.29 is 10.0 Å². The summed E-state index contributed by atoms with van der Waals surface area (Å²) < 4.78 is 2.76. The minimum atomic E-state index is -0.433. The van der Waals surface area contributed by atoms with Gasteiger partial charge in [-0.2, -0.15) is 5.10 Å². The molecule has 0 atom stereocenters. The summed E-state index contributed by atoms with van der Waals surface area (Å²) in [4.78, 5) is 15.7. The molecule has 0 aliphatic rings. The summed E-state index contributed by atoms with van der Waals surface area (Å²) in [5, 5.41) is 27.3. The number of non-ortho nitro benzene ring substituents is 1. The van der Waals surface area contributed by atoms with E-state index in [0.29, 0.717) is 20.3 Å². The maximum Gasteiger partial charge on any atom is 0.269 e. The Labute approximate surface area is 193 Å². The molecule has 2 aromatic carbocycles. The van der Waals surface area contributed by atoms with Gasteiger partial charge in [0.05, 0.1) is 32.3 Å². The highest BCUT2D eigenvalue weighted by Crippen LogP contribution is 2.33. The first-order valence-corrected chi connectivity index (χ1v) is 11.1. The predicted octanol–water partition coefficient (Wildman–Crippen LogP) is 5.71. The highest BCUT2D eigenvalue weighted by Gasteiger charge is 2.11. The summed E-state index contributed by atoms with van der Waals surface area (Å²) in [6.45, 7) is 6.24. The molecule has 0 radical (unpaired) electrons. The first-order chi connectivity index (χ1) is 14.3. The first kappa shape index (κ1) is 22.1. The second kappa shape index (κ2) is 9.50. The molecule has 0 amide bonds. The summed E-state index contributed by atoms with van der Waals surface area (Å²) >= 11 is 8.04. The fraction of sp³-hybridized carbons (Fsp3) is 0.100. The lowest BCUT2D eigenvalue weighted by Crippen LogP contribution is -2.13. The third-order valence-corrected chi connectivity index (χ3v) is 5.97. The van der Waals surface area contributed by atoms with Gasteiger partial charge in [0.25, 0.3) is 5.69 Å². The number of halogens is 2. The van der Waals surface area contributed by atoms with Crippen LogP contribution in [0, 0.1) is 10.1 Å². The normalized spacial score (nSPS) is 11.9. The van der Waals surface area contributed by atoms with Crippen LogP contribution in [0.1, 0.15) is 12.5 Å². The summed E-state index contributed by atoms with van der Waals surface area (Å²) in [5.74, 6) is 0.110. The fourth-order valence-electron chi connectivity index (χ4n) is 2.46. The number of rotatable bonds is 6. The topological polar surface area (TPSA) is 93.0 Å². The first-order valence-electron chi connectivity index (χ1n) is 8.59. The van der Waals surface area contributed by atoms with Crippen LogP contribution >= 0.6 is 43.2 Å². The molecule has 0 unspecified atom stereocenters. The van der Waals surface area contributed by atoms with Gasteiger partial charge in [-0.15, -0.1) is 11.3 Å². The molecule has 0 aliphatic carbocycles. The number of hydrogen-bond donors (Lipinski definition) is 1. The van der Waals surface area contributed by atoms with Crippen molar-refractivity contribution in [3.05, 3.63) is 83.4 Å². The molecule has 1 aromatic heterocycles. The highest BCUT2D eigenvalue weighted by atomic mass is 79.9. The number of nitrogens with zero attached hydrogens (tertiary/aromatic N) is 4. The molecule has 0 aliphatic heterocycles. The van der Waals surface area contributed by atoms with Crippen molar-refractivity contribution in [3.63, 3.8) is 0 Å². The molecule has 0 saturated carbocycles. The van der Waals surface area contributed by atoms with Crippen LogP contribution in [-0.2, 0) is 0 Å². The Bertz CT molecular complexity index is 1190. The second-order valence-corrected chi connectivity index (χ2v) is 8.92. The fourth-order valence-corrected chi connectivity index (χ4v) is 4.52. The zero-order chi connectivity index (χ0) is 21.8. The van der Waals surface area contributed by atoms with Crippen molar-refractivity contribution >= 4 is 55.1 Å². The van der Waals surface area contributed by atoms with Crippen molar-refractivity contribution in [2.45, 2.75) is 6.92 Å². The van der Waals surface area contributed by atoms with E-state index < -0.39 is 4.92 Å². The molecular weight excluding hydrogens is 536 g/mol.